The summed E-state index contributed by atoms with van der Waals surface area (Å²) in [5.74, 6) is -2.56. The first-order valence-electron chi connectivity index (χ1n) is 8.70. The highest BCUT2D eigenvalue weighted by Crippen LogP contribution is 2.18. The molecule has 30 heavy (non-hydrogen) atoms. The van der Waals surface area contributed by atoms with E-state index in [1.54, 1.807) is 30.3 Å². The molecule has 0 aliphatic carbocycles. The van der Waals surface area contributed by atoms with Gasteiger partial charge in [-0.1, -0.05) is 18.2 Å². The molecular formula is C19H16FN3O7. The maximum Gasteiger partial charge on any atom is 0.505 e. The van der Waals surface area contributed by atoms with E-state index in [2.05, 4.69) is 15.0 Å². The Morgan fingerprint density at radius 2 is 1.97 bits per heavy atom. The van der Waals surface area contributed by atoms with Gasteiger partial charge < -0.3 is 19.9 Å². The minimum atomic E-state index is -1.57. The number of carboxylic acid groups (broad SMARTS) is 1. The first-order chi connectivity index (χ1) is 14.3. The maximum atomic E-state index is 13.9. The number of rotatable bonds is 6. The largest absolute Gasteiger partial charge is 0.505 e. The van der Waals surface area contributed by atoms with Crippen molar-refractivity contribution in [3.63, 3.8) is 0 Å². The molecule has 2 heterocycles. The predicted octanol–water partition coefficient (Wildman–Crippen LogP) is 1.38. The molecule has 1 aliphatic heterocycles. The van der Waals surface area contributed by atoms with Crippen LogP contribution in [0, 0.1) is 0 Å². The number of hydrogen-bond donors (Lipinski definition) is 2. The molecule has 0 bridgehead atoms. The highest BCUT2D eigenvalue weighted by molar-refractivity contribution is 6.03. The van der Waals surface area contributed by atoms with Crippen LogP contribution in [0.3, 0.4) is 0 Å². The lowest BCUT2D eigenvalue weighted by molar-refractivity contribution is -0.136. The van der Waals surface area contributed by atoms with E-state index in [0.717, 1.165) is 10.6 Å². The summed E-state index contributed by atoms with van der Waals surface area (Å²) in [5, 5.41) is 11.0. The Hall–Kier alpha value is -3.86. The van der Waals surface area contributed by atoms with Gasteiger partial charge in [0.05, 0.1) is 6.54 Å². The van der Waals surface area contributed by atoms with Crippen LogP contribution in [0.25, 0.3) is 0 Å². The smallest absolute Gasteiger partial charge is 0.450 e. The Morgan fingerprint density at radius 1 is 1.23 bits per heavy atom. The van der Waals surface area contributed by atoms with Crippen molar-refractivity contribution in [3.05, 3.63) is 70.5 Å². The summed E-state index contributed by atoms with van der Waals surface area (Å²) in [4.78, 5) is 50.5. The molecule has 1 aliphatic rings. The number of anilines is 1. The molecule has 1 aromatic heterocycles. The van der Waals surface area contributed by atoms with Crippen LogP contribution in [0.2, 0.25) is 0 Å². The van der Waals surface area contributed by atoms with Crippen molar-refractivity contribution in [1.82, 2.24) is 9.55 Å². The summed E-state index contributed by atoms with van der Waals surface area (Å²) in [5.41, 5.74) is -0.424. The fraction of sp³-hybridized carbons (Fsp3) is 0.211. The van der Waals surface area contributed by atoms with Crippen molar-refractivity contribution in [2.24, 2.45) is 0 Å². The van der Waals surface area contributed by atoms with Gasteiger partial charge in [-0.05, 0) is 24.3 Å². The Labute approximate surface area is 168 Å². The second kappa shape index (κ2) is 9.09. The molecule has 11 heteroatoms. The van der Waals surface area contributed by atoms with Gasteiger partial charge in [0.25, 0.3) is 5.91 Å². The molecule has 1 aromatic carbocycles. The fourth-order valence-electron chi connectivity index (χ4n) is 2.67. The van der Waals surface area contributed by atoms with Crippen molar-refractivity contribution in [2.45, 2.75) is 18.8 Å². The molecule has 1 amide bonds. The minimum Gasteiger partial charge on any atom is -0.450 e. The van der Waals surface area contributed by atoms with Crippen molar-refractivity contribution in [1.29, 1.82) is 0 Å². The lowest BCUT2D eigenvalue weighted by Gasteiger charge is -2.25. The highest BCUT2D eigenvalue weighted by Gasteiger charge is 2.32. The number of nitrogens with one attached hydrogen (secondary N) is 1. The third-order valence-corrected chi connectivity index (χ3v) is 4.08. The lowest BCUT2D eigenvalue weighted by atomic mass is 10.1. The third-order valence-electron chi connectivity index (χ3n) is 4.08. The first-order valence-corrected chi connectivity index (χ1v) is 8.70. The highest BCUT2D eigenvalue weighted by atomic mass is 19.1. The summed E-state index contributed by atoms with van der Waals surface area (Å²) >= 11 is 0. The zero-order chi connectivity index (χ0) is 21.7. The maximum absolute atomic E-state index is 13.9. The molecule has 156 valence electrons. The van der Waals surface area contributed by atoms with Gasteiger partial charge in [-0.25, -0.2) is 14.0 Å². The second-order valence-electron chi connectivity index (χ2n) is 6.19. The fourth-order valence-corrected chi connectivity index (χ4v) is 2.67. The van der Waals surface area contributed by atoms with Crippen molar-refractivity contribution in [2.75, 3.05) is 11.9 Å². The normalized spacial score (nSPS) is 18.4. The van der Waals surface area contributed by atoms with E-state index in [1.165, 1.54) is 12.3 Å². The summed E-state index contributed by atoms with van der Waals surface area (Å²) in [6.45, 7) is -0.869. The van der Waals surface area contributed by atoms with Crippen LogP contribution >= 0.6 is 0 Å². The number of nitrogens with zero attached hydrogens (tertiary/aromatic N) is 2. The van der Waals surface area contributed by atoms with E-state index in [-0.39, 0.29) is 12.4 Å². The van der Waals surface area contributed by atoms with E-state index < -0.39 is 48.2 Å². The summed E-state index contributed by atoms with van der Waals surface area (Å²) in [6.07, 6.45) is -1.98. The second-order valence-corrected chi connectivity index (χ2v) is 6.19. The van der Waals surface area contributed by atoms with Crippen LogP contribution in [-0.2, 0) is 20.8 Å². The molecule has 0 fully saturated rings. The monoisotopic (exact) mass is 417 g/mol. The number of carbonyl (C=O) groups is 3. The van der Waals surface area contributed by atoms with E-state index >= 15 is 0 Å². The van der Waals surface area contributed by atoms with E-state index in [0.29, 0.717) is 5.56 Å². The number of Topliss-reactive ketones (excluding diaryl/α,β-unsaturated/α-hetero) is 1. The van der Waals surface area contributed by atoms with Gasteiger partial charge in [0.1, 0.15) is 24.6 Å². The lowest BCUT2D eigenvalue weighted by Crippen LogP contribution is -2.41. The Bertz CT molecular complexity index is 1050. The Kier molecular flexibility index (Phi) is 6.32. The standard InChI is InChI=1S/C19H16FN3O7/c20-13-8-12(10-29-19(27)28)30-14(16(13)24)9-23-7-6-15(22-18(23)26)21-17(25)11-4-2-1-3-5-11/h1-8,12,14H,9-10H2,(H,27,28)(H,21,22,25,26)/t12-,14-/m0/s1. The zero-order valence-electron chi connectivity index (χ0n) is 15.4. The van der Waals surface area contributed by atoms with Crippen LogP contribution in [-0.4, -0.2) is 51.3 Å². The average Bonchev–Trinajstić information content (AvgIpc) is 2.72. The van der Waals surface area contributed by atoms with Gasteiger partial charge in [0, 0.05) is 11.8 Å². The molecule has 0 saturated heterocycles. The molecule has 3 rings (SSSR count). The molecule has 0 spiro atoms. The van der Waals surface area contributed by atoms with E-state index in [4.69, 9.17) is 9.84 Å². The minimum absolute atomic E-state index is 0.000182. The molecule has 0 unspecified atom stereocenters. The number of amides is 1. The van der Waals surface area contributed by atoms with Crippen molar-refractivity contribution >= 4 is 23.7 Å². The number of ether oxygens (including phenoxy) is 2. The van der Waals surface area contributed by atoms with Crippen LogP contribution in [0.4, 0.5) is 15.0 Å². The Balaban J connectivity index is 1.68. The van der Waals surface area contributed by atoms with Crippen molar-refractivity contribution in [3.8, 4) is 0 Å². The number of aromatic nitrogens is 2. The average molecular weight is 417 g/mol. The van der Waals surface area contributed by atoms with Gasteiger partial charge >= 0.3 is 11.8 Å². The molecule has 2 N–H and O–H groups in total. The van der Waals surface area contributed by atoms with Crippen LogP contribution in [0.15, 0.2) is 59.3 Å². The van der Waals surface area contributed by atoms with Gasteiger partial charge in [0.2, 0.25) is 5.78 Å². The number of benzene rings is 1. The van der Waals surface area contributed by atoms with Gasteiger partial charge in [0.15, 0.2) is 5.83 Å². The molecular weight excluding hydrogens is 401 g/mol. The number of halogens is 1. The third kappa shape index (κ3) is 5.14. The quantitative estimate of drug-likeness (QED) is 0.673. The Morgan fingerprint density at radius 3 is 2.63 bits per heavy atom. The van der Waals surface area contributed by atoms with Gasteiger partial charge in [-0.3, -0.25) is 14.2 Å². The molecule has 0 radical (unpaired) electrons. The summed E-state index contributed by atoms with van der Waals surface area (Å²) in [7, 11) is 0. The summed E-state index contributed by atoms with van der Waals surface area (Å²) < 4.78 is 24.5. The van der Waals surface area contributed by atoms with Crippen LogP contribution in [0.1, 0.15) is 10.4 Å². The molecule has 10 nitrogen and oxygen atoms in total. The summed E-state index contributed by atoms with van der Waals surface area (Å²) in [6, 6.07) is 9.64. The number of hydrogen-bond acceptors (Lipinski definition) is 7. The van der Waals surface area contributed by atoms with Gasteiger partial charge in [-0.2, -0.15) is 4.98 Å². The number of ketones is 1. The number of carbonyl (C=O) groups excluding carboxylic acids is 2. The van der Waals surface area contributed by atoms with Crippen molar-refractivity contribution < 1.29 is 33.4 Å². The van der Waals surface area contributed by atoms with E-state index in [1.807, 2.05) is 0 Å². The molecule has 0 saturated carbocycles. The topological polar surface area (TPSA) is 137 Å². The first kappa shape index (κ1) is 20.9. The molecule has 2 aromatic rings. The van der Waals surface area contributed by atoms with E-state index in [9.17, 15) is 23.6 Å². The molecule has 2 atom stereocenters. The van der Waals surface area contributed by atoms with Crippen LogP contribution < -0.4 is 11.0 Å². The predicted molar refractivity (Wildman–Crippen MR) is 99.7 cm³/mol. The zero-order valence-corrected chi connectivity index (χ0v) is 15.4. The van der Waals surface area contributed by atoms with Gasteiger partial charge in [-0.15, -0.1) is 0 Å². The van der Waals surface area contributed by atoms with Crippen LogP contribution in [0.5, 0.6) is 0 Å². The SMILES string of the molecule is O=C(O)OC[C@@H]1C=C(F)C(=O)[C@H](Cn2ccc(NC(=O)c3ccccc3)nc2=O)O1.